The molecule has 102 valence electrons. The Kier molecular flexibility index (Phi) is 3.45. The first-order chi connectivity index (χ1) is 9.33. The van der Waals surface area contributed by atoms with Crippen LogP contribution in [-0.2, 0) is 0 Å². The van der Waals surface area contributed by atoms with Crippen molar-refractivity contribution in [3.63, 3.8) is 0 Å². The fourth-order valence-electron chi connectivity index (χ4n) is 2.44. The molecule has 1 aliphatic heterocycles. The number of H-pyrrole nitrogens is 2. The second-order valence-corrected chi connectivity index (χ2v) is 4.84. The van der Waals surface area contributed by atoms with E-state index in [1.54, 1.807) is 0 Å². The van der Waals surface area contributed by atoms with Crippen molar-refractivity contribution in [2.75, 3.05) is 31.5 Å². The van der Waals surface area contributed by atoms with Gasteiger partial charge >= 0.3 is 0 Å². The van der Waals surface area contributed by atoms with Crippen LogP contribution < -0.4 is 10.9 Å². The van der Waals surface area contributed by atoms with Crippen LogP contribution in [0.4, 0.5) is 5.95 Å². The summed E-state index contributed by atoms with van der Waals surface area (Å²) in [6, 6.07) is 0. The molecule has 0 saturated carbocycles. The molecule has 1 aliphatic rings. The lowest BCUT2D eigenvalue weighted by Crippen LogP contribution is -2.34. The van der Waals surface area contributed by atoms with E-state index in [0.717, 1.165) is 13.1 Å². The SMILES string of the molecule is O=c1[nH]c(NCCN2CCCCC2)nc2[nH]cnc12. The standard InChI is InChI=1S/C12H18N6O/c19-11-9-10(15-8-14-9)16-12(17-11)13-4-7-18-5-2-1-3-6-18/h8H,1-7H2,(H3,13,14,15,16,17,19). The van der Waals surface area contributed by atoms with E-state index in [1.165, 1.54) is 38.7 Å². The van der Waals surface area contributed by atoms with Gasteiger partial charge in [-0.15, -0.1) is 0 Å². The minimum atomic E-state index is -0.216. The fraction of sp³-hybridized carbons (Fsp3) is 0.583. The highest BCUT2D eigenvalue weighted by atomic mass is 16.1. The predicted octanol–water partition coefficient (Wildman–Crippen LogP) is 0.544. The average Bonchev–Trinajstić information content (AvgIpc) is 2.89. The summed E-state index contributed by atoms with van der Waals surface area (Å²) in [6.07, 6.45) is 5.39. The van der Waals surface area contributed by atoms with Crippen LogP contribution in [0.15, 0.2) is 11.1 Å². The number of hydrogen-bond acceptors (Lipinski definition) is 5. The molecule has 0 bridgehead atoms. The van der Waals surface area contributed by atoms with Crippen molar-refractivity contribution in [1.82, 2.24) is 24.8 Å². The third-order valence-corrected chi connectivity index (χ3v) is 3.46. The van der Waals surface area contributed by atoms with Crippen LogP contribution in [0, 0.1) is 0 Å². The number of aromatic amines is 2. The molecule has 0 aliphatic carbocycles. The van der Waals surface area contributed by atoms with Crippen LogP contribution in [0.3, 0.4) is 0 Å². The molecular formula is C12H18N6O. The normalized spacial score (nSPS) is 16.8. The van der Waals surface area contributed by atoms with Crippen molar-refractivity contribution in [2.24, 2.45) is 0 Å². The summed E-state index contributed by atoms with van der Waals surface area (Å²) in [5.74, 6) is 0.499. The van der Waals surface area contributed by atoms with Crippen LogP contribution in [0.2, 0.25) is 0 Å². The lowest BCUT2D eigenvalue weighted by Gasteiger charge is -2.26. The number of aromatic nitrogens is 4. The Morgan fingerprint density at radius 1 is 1.32 bits per heavy atom. The van der Waals surface area contributed by atoms with E-state index in [9.17, 15) is 4.79 Å². The van der Waals surface area contributed by atoms with E-state index in [-0.39, 0.29) is 5.56 Å². The van der Waals surface area contributed by atoms with Gasteiger partial charge in [0, 0.05) is 13.1 Å². The van der Waals surface area contributed by atoms with Crippen LogP contribution in [-0.4, -0.2) is 51.0 Å². The van der Waals surface area contributed by atoms with Crippen LogP contribution in [0.25, 0.3) is 11.2 Å². The second-order valence-electron chi connectivity index (χ2n) is 4.84. The minimum absolute atomic E-state index is 0.216. The first-order valence-electron chi connectivity index (χ1n) is 6.72. The molecule has 19 heavy (non-hydrogen) atoms. The zero-order valence-electron chi connectivity index (χ0n) is 10.8. The largest absolute Gasteiger partial charge is 0.354 e. The Balaban J connectivity index is 1.60. The number of nitrogens with zero attached hydrogens (tertiary/aromatic N) is 3. The number of nitrogens with one attached hydrogen (secondary N) is 3. The lowest BCUT2D eigenvalue weighted by molar-refractivity contribution is 0.237. The maximum Gasteiger partial charge on any atom is 0.280 e. The summed E-state index contributed by atoms with van der Waals surface area (Å²) in [7, 11) is 0. The molecule has 0 spiro atoms. The van der Waals surface area contributed by atoms with Gasteiger partial charge in [-0.25, -0.2) is 4.98 Å². The Hall–Kier alpha value is -1.89. The minimum Gasteiger partial charge on any atom is -0.354 e. The Labute approximate surface area is 110 Å². The van der Waals surface area contributed by atoms with Crippen molar-refractivity contribution < 1.29 is 0 Å². The Morgan fingerprint density at radius 2 is 2.16 bits per heavy atom. The van der Waals surface area contributed by atoms with Crippen molar-refractivity contribution in [2.45, 2.75) is 19.3 Å². The van der Waals surface area contributed by atoms with E-state index in [0.29, 0.717) is 17.1 Å². The van der Waals surface area contributed by atoms with Crippen LogP contribution in [0.1, 0.15) is 19.3 Å². The monoisotopic (exact) mass is 262 g/mol. The molecule has 1 saturated heterocycles. The Morgan fingerprint density at radius 3 is 3.00 bits per heavy atom. The molecule has 0 amide bonds. The first-order valence-corrected chi connectivity index (χ1v) is 6.72. The summed E-state index contributed by atoms with van der Waals surface area (Å²) >= 11 is 0. The van der Waals surface area contributed by atoms with E-state index < -0.39 is 0 Å². The molecule has 0 radical (unpaired) electrons. The number of fused-ring (bicyclic) bond motifs is 1. The zero-order chi connectivity index (χ0) is 13.1. The van der Waals surface area contributed by atoms with Gasteiger partial charge in [-0.1, -0.05) is 6.42 Å². The maximum absolute atomic E-state index is 11.7. The highest BCUT2D eigenvalue weighted by Crippen LogP contribution is 2.08. The zero-order valence-corrected chi connectivity index (χ0v) is 10.8. The molecule has 0 unspecified atom stereocenters. The molecule has 7 nitrogen and oxygen atoms in total. The number of imidazole rings is 1. The van der Waals surface area contributed by atoms with Crippen LogP contribution >= 0.6 is 0 Å². The van der Waals surface area contributed by atoms with Crippen molar-refractivity contribution in [3.8, 4) is 0 Å². The summed E-state index contributed by atoms with van der Waals surface area (Å²) in [4.78, 5) is 27.9. The first kappa shape index (κ1) is 12.2. The molecule has 0 atom stereocenters. The molecular weight excluding hydrogens is 244 g/mol. The van der Waals surface area contributed by atoms with Gasteiger partial charge in [0.25, 0.3) is 5.56 Å². The van der Waals surface area contributed by atoms with Crippen molar-refractivity contribution in [3.05, 3.63) is 16.7 Å². The van der Waals surface area contributed by atoms with Gasteiger partial charge in [-0.2, -0.15) is 4.98 Å². The number of anilines is 1. The molecule has 3 rings (SSSR count). The number of piperidine rings is 1. The van der Waals surface area contributed by atoms with Gasteiger partial charge < -0.3 is 15.2 Å². The quantitative estimate of drug-likeness (QED) is 0.748. The summed E-state index contributed by atoms with van der Waals surface area (Å²) in [5, 5.41) is 3.16. The Bertz CT molecular complexity index is 598. The maximum atomic E-state index is 11.7. The fourth-order valence-corrected chi connectivity index (χ4v) is 2.44. The summed E-state index contributed by atoms with van der Waals surface area (Å²) < 4.78 is 0. The van der Waals surface area contributed by atoms with Crippen LogP contribution in [0.5, 0.6) is 0 Å². The van der Waals surface area contributed by atoms with E-state index >= 15 is 0 Å². The topological polar surface area (TPSA) is 89.7 Å². The van der Waals surface area contributed by atoms with Gasteiger partial charge in [0.05, 0.1) is 6.33 Å². The third kappa shape index (κ3) is 2.76. The highest BCUT2D eigenvalue weighted by Gasteiger charge is 2.10. The van der Waals surface area contributed by atoms with E-state index in [1.807, 2.05) is 0 Å². The number of hydrogen-bond donors (Lipinski definition) is 3. The molecule has 0 aromatic carbocycles. The van der Waals surface area contributed by atoms with Crippen molar-refractivity contribution >= 4 is 17.1 Å². The molecule has 1 fully saturated rings. The summed E-state index contributed by atoms with van der Waals surface area (Å²) in [6.45, 7) is 4.10. The van der Waals surface area contributed by atoms with Gasteiger partial charge in [-0.05, 0) is 25.9 Å². The molecule has 3 heterocycles. The average molecular weight is 262 g/mol. The molecule has 2 aromatic rings. The van der Waals surface area contributed by atoms with Gasteiger partial charge in [-0.3, -0.25) is 9.78 Å². The molecule has 2 aromatic heterocycles. The second kappa shape index (κ2) is 5.40. The smallest absolute Gasteiger partial charge is 0.280 e. The van der Waals surface area contributed by atoms with Gasteiger partial charge in [0.2, 0.25) is 5.95 Å². The third-order valence-electron chi connectivity index (χ3n) is 3.46. The number of rotatable bonds is 4. The van der Waals surface area contributed by atoms with Gasteiger partial charge in [0.15, 0.2) is 11.2 Å². The predicted molar refractivity (Wildman–Crippen MR) is 73.3 cm³/mol. The molecule has 3 N–H and O–H groups in total. The van der Waals surface area contributed by atoms with Crippen molar-refractivity contribution in [1.29, 1.82) is 0 Å². The number of likely N-dealkylation sites (tertiary alicyclic amines) is 1. The van der Waals surface area contributed by atoms with Gasteiger partial charge in [0.1, 0.15) is 0 Å². The highest BCUT2D eigenvalue weighted by molar-refractivity contribution is 5.69. The lowest BCUT2D eigenvalue weighted by atomic mass is 10.1. The van der Waals surface area contributed by atoms with E-state index in [4.69, 9.17) is 0 Å². The molecule has 7 heteroatoms. The summed E-state index contributed by atoms with van der Waals surface area (Å²) in [5.41, 5.74) is 0.650. The van der Waals surface area contributed by atoms with E-state index in [2.05, 4.69) is 30.2 Å².